The maximum atomic E-state index is 13.3. The monoisotopic (exact) mass is 500 g/mol. The van der Waals surface area contributed by atoms with E-state index in [0.29, 0.717) is 16.7 Å². The number of hydrogen-bond donors (Lipinski definition) is 2. The molecule has 11 heteroatoms. The van der Waals surface area contributed by atoms with Gasteiger partial charge in [-0.25, -0.2) is 9.59 Å². The van der Waals surface area contributed by atoms with Gasteiger partial charge in [0.2, 0.25) is 0 Å². The number of anilines is 1. The van der Waals surface area contributed by atoms with Gasteiger partial charge in [0, 0.05) is 10.7 Å². The number of aliphatic carboxylic acids is 1. The number of benzene rings is 2. The number of Topliss-reactive ketones (excluding diaryl/α,β-unsaturated/α-hetero) is 1. The van der Waals surface area contributed by atoms with Crippen LogP contribution >= 0.6 is 11.6 Å². The Morgan fingerprint density at radius 3 is 2.29 bits per heavy atom. The Balaban J connectivity index is 2.51. The van der Waals surface area contributed by atoms with Crippen molar-refractivity contribution in [3.05, 3.63) is 64.7 Å². The molecule has 0 spiro atoms. The van der Waals surface area contributed by atoms with Crippen LogP contribution in [0.5, 0.6) is 0 Å². The van der Waals surface area contributed by atoms with Crippen LogP contribution in [0.25, 0.3) is 0 Å². The zero-order chi connectivity index (χ0) is 25.6. The van der Waals surface area contributed by atoms with Gasteiger partial charge in [0.05, 0.1) is 18.2 Å². The smallest absolute Gasteiger partial charge is 0.416 e. The lowest BCUT2D eigenvalue weighted by atomic mass is 9.96. The molecule has 34 heavy (non-hydrogen) atoms. The number of ketones is 1. The van der Waals surface area contributed by atoms with E-state index >= 15 is 0 Å². The maximum absolute atomic E-state index is 13.3. The predicted molar refractivity (Wildman–Crippen MR) is 120 cm³/mol. The first kappa shape index (κ1) is 27.1. The second kappa shape index (κ2) is 11.3. The molecule has 2 aromatic rings. The summed E-state index contributed by atoms with van der Waals surface area (Å²) in [6, 6.07) is 5.27. The molecule has 0 aromatic heterocycles. The van der Waals surface area contributed by atoms with Crippen molar-refractivity contribution >= 4 is 35.0 Å². The molecule has 0 fully saturated rings. The first-order valence-corrected chi connectivity index (χ1v) is 10.6. The molecule has 0 aliphatic rings. The summed E-state index contributed by atoms with van der Waals surface area (Å²) < 4.78 is 44.8. The van der Waals surface area contributed by atoms with Gasteiger partial charge in [-0.3, -0.25) is 4.79 Å². The molecule has 1 unspecified atom stereocenters. The first-order chi connectivity index (χ1) is 15.9. The molecule has 0 amide bonds. The number of halogens is 4. The average molecular weight is 501 g/mol. The third-order valence-electron chi connectivity index (χ3n) is 5.03. The fraction of sp³-hybridized carbons (Fsp3) is 0.348. The Labute approximate surface area is 199 Å². The summed E-state index contributed by atoms with van der Waals surface area (Å²) in [4.78, 5) is 38.6. The van der Waals surface area contributed by atoms with Crippen LogP contribution in [0.1, 0.15) is 25.0 Å². The number of nitrogens with two attached hydrogens (primary N) is 1. The van der Waals surface area contributed by atoms with E-state index in [1.807, 2.05) is 0 Å². The Hall–Kier alpha value is -3.11. The highest BCUT2D eigenvalue weighted by Crippen LogP contribution is 2.33. The second-order valence-corrected chi connectivity index (χ2v) is 7.90. The van der Waals surface area contributed by atoms with Crippen LogP contribution in [-0.4, -0.2) is 47.6 Å². The van der Waals surface area contributed by atoms with Crippen LogP contribution in [-0.2, 0) is 31.7 Å². The van der Waals surface area contributed by atoms with Gasteiger partial charge < -0.3 is 20.5 Å². The van der Waals surface area contributed by atoms with Crippen molar-refractivity contribution in [1.29, 1.82) is 0 Å². The summed E-state index contributed by atoms with van der Waals surface area (Å²) in [6.45, 7) is 2.70. The number of carbonyl (C=O) groups excluding carboxylic acids is 2. The number of ether oxygens (including phenoxy) is 1. The topological polar surface area (TPSA) is 110 Å². The third kappa shape index (κ3) is 6.71. The minimum absolute atomic E-state index is 0.0516. The van der Waals surface area contributed by atoms with Gasteiger partial charge in [0.1, 0.15) is 6.04 Å². The molecular formula is C23H24ClF3N2O5. The van der Waals surface area contributed by atoms with Gasteiger partial charge in [-0.15, -0.1) is 0 Å². The van der Waals surface area contributed by atoms with Gasteiger partial charge in [-0.05, 0) is 56.2 Å². The summed E-state index contributed by atoms with van der Waals surface area (Å²) in [7, 11) is 0. The number of carboxylic acid groups (broad SMARTS) is 1. The highest BCUT2D eigenvalue weighted by molar-refractivity contribution is 6.30. The number of esters is 1. The van der Waals surface area contributed by atoms with Crippen molar-refractivity contribution in [3.63, 3.8) is 0 Å². The SMILES string of the molecule is CCOC(=O)[C@H](C)N(c1cccc(C(F)(F)F)c1)C(C(=O)O)C(=O)[C@@H](N)Cc1ccc(Cl)cc1. The minimum atomic E-state index is -4.73. The predicted octanol–water partition coefficient (Wildman–Crippen LogP) is 3.71. The van der Waals surface area contributed by atoms with Crippen molar-refractivity contribution in [2.45, 2.75) is 44.6 Å². The molecule has 7 nitrogen and oxygen atoms in total. The Kier molecular flexibility index (Phi) is 9.06. The van der Waals surface area contributed by atoms with Crippen LogP contribution in [0.15, 0.2) is 48.5 Å². The minimum Gasteiger partial charge on any atom is -0.479 e. The Morgan fingerprint density at radius 2 is 1.76 bits per heavy atom. The number of rotatable bonds is 10. The first-order valence-electron chi connectivity index (χ1n) is 10.3. The number of nitrogens with zero attached hydrogens (tertiary/aromatic N) is 1. The van der Waals surface area contributed by atoms with Gasteiger partial charge in [0.25, 0.3) is 0 Å². The fourth-order valence-corrected chi connectivity index (χ4v) is 3.50. The maximum Gasteiger partial charge on any atom is 0.416 e. The lowest BCUT2D eigenvalue weighted by Crippen LogP contribution is -2.58. The van der Waals surface area contributed by atoms with E-state index in [4.69, 9.17) is 22.1 Å². The van der Waals surface area contributed by atoms with E-state index in [0.717, 1.165) is 17.0 Å². The lowest BCUT2D eigenvalue weighted by molar-refractivity contribution is -0.146. The molecule has 0 saturated heterocycles. The summed E-state index contributed by atoms with van der Waals surface area (Å²) in [5.74, 6) is -3.58. The van der Waals surface area contributed by atoms with E-state index in [2.05, 4.69) is 0 Å². The van der Waals surface area contributed by atoms with Crippen molar-refractivity contribution in [2.24, 2.45) is 5.73 Å². The van der Waals surface area contributed by atoms with E-state index < -0.39 is 47.6 Å². The van der Waals surface area contributed by atoms with Crippen molar-refractivity contribution in [2.75, 3.05) is 11.5 Å². The van der Waals surface area contributed by atoms with Gasteiger partial charge in [0.15, 0.2) is 11.8 Å². The molecular weight excluding hydrogens is 477 g/mol. The van der Waals surface area contributed by atoms with Gasteiger partial charge in [-0.2, -0.15) is 13.2 Å². The fourth-order valence-electron chi connectivity index (χ4n) is 3.37. The van der Waals surface area contributed by atoms with E-state index in [1.165, 1.54) is 19.9 Å². The second-order valence-electron chi connectivity index (χ2n) is 7.46. The standard InChI is InChI=1S/C23H24ClF3N2O5/c1-3-34-22(33)13(2)29(17-6-4-5-15(12-17)23(25,26)27)19(21(31)32)20(30)18(28)11-14-7-9-16(24)10-8-14/h4-10,12-13,18-19H,3,11,28H2,1-2H3,(H,31,32)/t13-,18-,19?/m0/s1. The molecule has 0 saturated carbocycles. The molecule has 2 aromatic carbocycles. The highest BCUT2D eigenvalue weighted by Gasteiger charge is 2.41. The van der Waals surface area contributed by atoms with E-state index in [1.54, 1.807) is 24.3 Å². The summed E-state index contributed by atoms with van der Waals surface area (Å²) >= 11 is 5.84. The number of alkyl halides is 3. The zero-order valence-electron chi connectivity index (χ0n) is 18.4. The van der Waals surface area contributed by atoms with Crippen molar-refractivity contribution in [3.8, 4) is 0 Å². The Bertz CT molecular complexity index is 1030. The molecule has 0 radical (unpaired) electrons. The lowest BCUT2D eigenvalue weighted by Gasteiger charge is -2.35. The van der Waals surface area contributed by atoms with E-state index in [9.17, 15) is 32.7 Å². The van der Waals surface area contributed by atoms with Crippen LogP contribution < -0.4 is 10.6 Å². The quantitative estimate of drug-likeness (QED) is 0.378. The molecule has 3 atom stereocenters. The van der Waals surface area contributed by atoms with Gasteiger partial charge in [-0.1, -0.05) is 29.8 Å². The van der Waals surface area contributed by atoms with Gasteiger partial charge >= 0.3 is 18.1 Å². The Morgan fingerprint density at radius 1 is 1.15 bits per heavy atom. The molecule has 0 heterocycles. The third-order valence-corrected chi connectivity index (χ3v) is 5.28. The van der Waals surface area contributed by atoms with Crippen molar-refractivity contribution < 1.29 is 37.4 Å². The number of carboxylic acids is 1. The normalized spacial score (nSPS) is 14.1. The molecule has 3 N–H and O–H groups in total. The highest BCUT2D eigenvalue weighted by atomic mass is 35.5. The molecule has 184 valence electrons. The molecule has 0 bridgehead atoms. The average Bonchev–Trinajstić information content (AvgIpc) is 2.77. The summed E-state index contributed by atoms with van der Waals surface area (Å²) in [5.41, 5.74) is 5.23. The molecule has 0 aliphatic heterocycles. The van der Waals surface area contributed by atoms with Crippen LogP contribution in [0.2, 0.25) is 5.02 Å². The van der Waals surface area contributed by atoms with Crippen LogP contribution in [0, 0.1) is 0 Å². The molecule has 0 aliphatic carbocycles. The van der Waals surface area contributed by atoms with E-state index in [-0.39, 0.29) is 18.7 Å². The number of hydrogen-bond acceptors (Lipinski definition) is 6. The summed E-state index contributed by atoms with van der Waals surface area (Å²) in [6.07, 6.45) is -4.79. The molecule has 2 rings (SSSR count). The summed E-state index contributed by atoms with van der Waals surface area (Å²) in [5, 5.41) is 10.4. The van der Waals surface area contributed by atoms with Crippen LogP contribution in [0.3, 0.4) is 0 Å². The van der Waals surface area contributed by atoms with Crippen LogP contribution in [0.4, 0.5) is 18.9 Å². The number of carbonyl (C=O) groups is 3. The largest absolute Gasteiger partial charge is 0.479 e. The zero-order valence-corrected chi connectivity index (χ0v) is 19.1. The van der Waals surface area contributed by atoms with Crippen molar-refractivity contribution in [1.82, 2.24) is 0 Å².